The third-order valence-corrected chi connectivity index (χ3v) is 7.43. The molecule has 3 fully saturated rings. The van der Waals surface area contributed by atoms with Gasteiger partial charge in [0.2, 0.25) is 0 Å². The van der Waals surface area contributed by atoms with Crippen molar-refractivity contribution >= 4 is 21.9 Å². The van der Waals surface area contributed by atoms with Crippen LogP contribution in [-0.4, -0.2) is 22.8 Å². The summed E-state index contributed by atoms with van der Waals surface area (Å²) >= 11 is 3.57. The third kappa shape index (κ3) is 3.02. The highest BCUT2D eigenvalue weighted by Gasteiger charge is 2.52. The number of hydrogen-bond acceptors (Lipinski definition) is 3. The van der Waals surface area contributed by atoms with E-state index >= 15 is 0 Å². The molecule has 6 atom stereocenters. The van der Waals surface area contributed by atoms with Gasteiger partial charge in [0.25, 0.3) is 0 Å². The van der Waals surface area contributed by atoms with Crippen LogP contribution in [0.3, 0.4) is 0 Å². The van der Waals surface area contributed by atoms with Crippen LogP contribution in [0, 0.1) is 23.2 Å². The van der Waals surface area contributed by atoms with Gasteiger partial charge in [0.15, 0.2) is 5.60 Å². The van der Waals surface area contributed by atoms with Crippen LogP contribution >= 0.6 is 15.9 Å². The Balaban J connectivity index is 1.69. The van der Waals surface area contributed by atoms with Gasteiger partial charge in [-0.2, -0.15) is 0 Å². The second-order valence-corrected chi connectivity index (χ2v) is 8.96. The standard InChI is InChI=1S/C19H29BrO3/c1-12(9-14-10-19(3,22)17(21)23-14)15-6-7-16-13(11-20)5-4-8-18(15,16)2/h11-12,14-16,22H,4-10H2,1-3H3/b13-11+/t12-,14+,15-,16+,18-,19-/m1/s1. The zero-order valence-corrected chi connectivity index (χ0v) is 16.1. The first-order valence-electron chi connectivity index (χ1n) is 9.00. The molecule has 3 nitrogen and oxygen atoms in total. The Morgan fingerprint density at radius 1 is 1.43 bits per heavy atom. The maximum Gasteiger partial charge on any atom is 0.338 e. The predicted molar refractivity (Wildman–Crippen MR) is 94.1 cm³/mol. The molecule has 23 heavy (non-hydrogen) atoms. The van der Waals surface area contributed by atoms with Gasteiger partial charge in [0.05, 0.1) is 0 Å². The molecule has 0 amide bonds. The highest BCUT2D eigenvalue weighted by atomic mass is 79.9. The van der Waals surface area contributed by atoms with Crippen molar-refractivity contribution in [2.24, 2.45) is 23.2 Å². The van der Waals surface area contributed by atoms with E-state index in [1.165, 1.54) is 32.1 Å². The smallest absolute Gasteiger partial charge is 0.338 e. The largest absolute Gasteiger partial charge is 0.460 e. The van der Waals surface area contributed by atoms with Gasteiger partial charge in [-0.15, -0.1) is 0 Å². The van der Waals surface area contributed by atoms with Gasteiger partial charge in [0, 0.05) is 6.42 Å². The molecule has 4 heteroatoms. The van der Waals surface area contributed by atoms with Crippen molar-refractivity contribution in [3.05, 3.63) is 10.6 Å². The molecule has 2 aliphatic carbocycles. The van der Waals surface area contributed by atoms with Crippen LogP contribution in [0.5, 0.6) is 0 Å². The zero-order valence-electron chi connectivity index (χ0n) is 14.5. The van der Waals surface area contributed by atoms with E-state index in [4.69, 9.17) is 4.74 Å². The van der Waals surface area contributed by atoms with Gasteiger partial charge in [-0.05, 0) is 73.6 Å². The molecule has 0 spiro atoms. The molecular formula is C19H29BrO3. The van der Waals surface area contributed by atoms with Crippen molar-refractivity contribution in [3.63, 3.8) is 0 Å². The number of allylic oxidation sites excluding steroid dienone is 1. The minimum absolute atomic E-state index is 0.120. The molecule has 0 unspecified atom stereocenters. The molecule has 0 bridgehead atoms. The highest BCUT2D eigenvalue weighted by molar-refractivity contribution is 9.11. The Bertz CT molecular complexity index is 513. The number of halogens is 1. The lowest BCUT2D eigenvalue weighted by Gasteiger charge is -2.44. The van der Waals surface area contributed by atoms with Gasteiger partial charge >= 0.3 is 5.97 Å². The monoisotopic (exact) mass is 384 g/mol. The molecule has 0 aromatic carbocycles. The fourth-order valence-corrected chi connectivity index (χ4v) is 6.25. The Kier molecular flexibility index (Phi) is 4.69. The van der Waals surface area contributed by atoms with E-state index in [1.807, 2.05) is 0 Å². The number of cyclic esters (lactones) is 1. The Morgan fingerprint density at radius 3 is 2.78 bits per heavy atom. The lowest BCUT2D eigenvalue weighted by Crippen LogP contribution is -2.36. The maximum absolute atomic E-state index is 11.7. The van der Waals surface area contributed by atoms with Gasteiger partial charge in [-0.25, -0.2) is 4.79 Å². The van der Waals surface area contributed by atoms with Crippen molar-refractivity contribution in [1.82, 2.24) is 0 Å². The molecule has 1 heterocycles. The fraction of sp³-hybridized carbons (Fsp3) is 0.842. The normalized spacial score (nSPS) is 46.7. The van der Waals surface area contributed by atoms with Crippen molar-refractivity contribution in [2.75, 3.05) is 0 Å². The number of rotatable bonds is 3. The first kappa shape index (κ1) is 17.5. The summed E-state index contributed by atoms with van der Waals surface area (Å²) < 4.78 is 5.41. The van der Waals surface area contributed by atoms with E-state index in [9.17, 15) is 9.90 Å². The Morgan fingerprint density at radius 2 is 2.17 bits per heavy atom. The minimum atomic E-state index is -1.29. The van der Waals surface area contributed by atoms with Crippen LogP contribution in [0.1, 0.15) is 65.7 Å². The summed E-state index contributed by atoms with van der Waals surface area (Å²) in [5, 5.41) is 10.0. The predicted octanol–water partition coefficient (Wildman–Crippen LogP) is 4.57. The van der Waals surface area contributed by atoms with Crippen molar-refractivity contribution in [3.8, 4) is 0 Å². The molecule has 2 saturated carbocycles. The SMILES string of the molecule is C[C@H](C[C@H]1C[C@@](C)(O)C(=O)O1)[C@H]1CC[C@H]2/C(=C/Br)CCC[C@]12C. The summed E-state index contributed by atoms with van der Waals surface area (Å²) in [6, 6.07) is 0. The molecule has 1 saturated heterocycles. The van der Waals surface area contributed by atoms with Gasteiger partial charge in [0.1, 0.15) is 6.10 Å². The number of aliphatic hydroxyl groups is 1. The molecule has 3 rings (SSSR count). The van der Waals surface area contributed by atoms with Gasteiger partial charge in [-0.3, -0.25) is 0 Å². The van der Waals surface area contributed by atoms with E-state index in [2.05, 4.69) is 34.8 Å². The molecule has 1 aliphatic heterocycles. The Hall–Kier alpha value is -0.350. The first-order valence-corrected chi connectivity index (χ1v) is 9.92. The lowest BCUT2D eigenvalue weighted by atomic mass is 9.61. The average Bonchev–Trinajstić information content (AvgIpc) is 2.94. The third-order valence-electron chi connectivity index (χ3n) is 6.84. The maximum atomic E-state index is 11.7. The second-order valence-electron chi connectivity index (χ2n) is 8.50. The van der Waals surface area contributed by atoms with Crippen LogP contribution in [0.15, 0.2) is 10.6 Å². The second kappa shape index (κ2) is 6.18. The van der Waals surface area contributed by atoms with Crippen LogP contribution in [-0.2, 0) is 9.53 Å². The van der Waals surface area contributed by atoms with Gasteiger partial charge < -0.3 is 9.84 Å². The van der Waals surface area contributed by atoms with Crippen molar-refractivity contribution in [1.29, 1.82) is 0 Å². The van der Waals surface area contributed by atoms with E-state index in [0.29, 0.717) is 29.6 Å². The van der Waals surface area contributed by atoms with E-state index in [0.717, 1.165) is 6.42 Å². The van der Waals surface area contributed by atoms with Crippen LogP contribution < -0.4 is 0 Å². The number of fused-ring (bicyclic) bond motifs is 1. The molecule has 130 valence electrons. The summed E-state index contributed by atoms with van der Waals surface area (Å²) in [4.78, 5) is 13.9. The number of hydrogen-bond donors (Lipinski definition) is 1. The van der Waals surface area contributed by atoms with Crippen LogP contribution in [0.4, 0.5) is 0 Å². The topological polar surface area (TPSA) is 46.5 Å². The summed E-state index contributed by atoms with van der Waals surface area (Å²) in [5.41, 5.74) is 0.676. The summed E-state index contributed by atoms with van der Waals surface area (Å²) in [5.74, 6) is 1.45. The van der Waals surface area contributed by atoms with E-state index < -0.39 is 11.6 Å². The summed E-state index contributed by atoms with van der Waals surface area (Å²) in [6.45, 7) is 6.35. The Labute approximate surface area is 148 Å². The lowest BCUT2D eigenvalue weighted by molar-refractivity contribution is -0.154. The fourth-order valence-electron chi connectivity index (χ4n) is 5.70. The number of carbonyl (C=O) groups excluding carboxylic acids is 1. The number of ether oxygens (including phenoxy) is 1. The van der Waals surface area contributed by atoms with Crippen molar-refractivity contribution in [2.45, 2.75) is 77.4 Å². The van der Waals surface area contributed by atoms with Gasteiger partial charge in [-0.1, -0.05) is 35.4 Å². The molecular weight excluding hydrogens is 356 g/mol. The van der Waals surface area contributed by atoms with E-state index in [-0.39, 0.29) is 6.10 Å². The number of carbonyl (C=O) groups is 1. The minimum Gasteiger partial charge on any atom is -0.460 e. The highest BCUT2D eigenvalue weighted by Crippen LogP contribution is 2.60. The average molecular weight is 385 g/mol. The number of esters is 1. The molecule has 3 aliphatic rings. The summed E-state index contributed by atoms with van der Waals surface area (Å²) in [6.07, 6.45) is 7.56. The summed E-state index contributed by atoms with van der Waals surface area (Å²) in [7, 11) is 0. The van der Waals surface area contributed by atoms with E-state index in [1.54, 1.807) is 12.5 Å². The first-order chi connectivity index (χ1) is 10.8. The van der Waals surface area contributed by atoms with Crippen molar-refractivity contribution < 1.29 is 14.6 Å². The van der Waals surface area contributed by atoms with Crippen LogP contribution in [0.2, 0.25) is 0 Å². The molecule has 1 N–H and O–H groups in total. The quantitative estimate of drug-likeness (QED) is 0.724. The van der Waals surface area contributed by atoms with Crippen LogP contribution in [0.25, 0.3) is 0 Å². The molecule has 0 aromatic heterocycles. The zero-order chi connectivity index (χ0) is 16.8. The molecule has 0 radical (unpaired) electrons. The molecule has 0 aromatic rings.